The van der Waals surface area contributed by atoms with Gasteiger partial charge < -0.3 is 11.1 Å². The van der Waals surface area contributed by atoms with E-state index in [2.05, 4.69) is 36.3 Å². The molecular formula is C14H19N3S. The fourth-order valence-corrected chi connectivity index (χ4v) is 2.87. The molecule has 2 rings (SSSR count). The Bertz CT molecular complexity index is 534. The van der Waals surface area contributed by atoms with E-state index in [4.69, 9.17) is 5.73 Å². The highest BCUT2D eigenvalue weighted by Gasteiger charge is 2.06. The van der Waals surface area contributed by atoms with Gasteiger partial charge in [0.2, 0.25) is 0 Å². The molecule has 1 atom stereocenters. The van der Waals surface area contributed by atoms with Crippen molar-refractivity contribution in [3.63, 3.8) is 0 Å². The highest BCUT2D eigenvalue weighted by molar-refractivity contribution is 7.11. The molecule has 2 aromatic rings. The molecule has 3 N–H and O–H groups in total. The van der Waals surface area contributed by atoms with E-state index in [1.807, 2.05) is 30.4 Å². The first-order valence-electron chi connectivity index (χ1n) is 6.09. The summed E-state index contributed by atoms with van der Waals surface area (Å²) in [7, 11) is 0. The van der Waals surface area contributed by atoms with Gasteiger partial charge in [0.15, 0.2) is 0 Å². The molecule has 0 saturated carbocycles. The Balaban J connectivity index is 1.98. The molecule has 0 aliphatic heterocycles. The van der Waals surface area contributed by atoms with Gasteiger partial charge in [-0.3, -0.25) is 0 Å². The average Bonchev–Trinajstić information content (AvgIpc) is 2.69. The minimum absolute atomic E-state index is 0.360. The van der Waals surface area contributed by atoms with E-state index in [1.165, 1.54) is 9.75 Å². The fourth-order valence-electron chi connectivity index (χ4n) is 1.85. The monoisotopic (exact) mass is 261 g/mol. The van der Waals surface area contributed by atoms with Crippen molar-refractivity contribution >= 4 is 22.8 Å². The number of nitrogens with two attached hydrogens (primary N) is 1. The lowest BCUT2D eigenvalue weighted by molar-refractivity contribution is 0.793. The van der Waals surface area contributed by atoms with E-state index in [-0.39, 0.29) is 0 Å². The van der Waals surface area contributed by atoms with Gasteiger partial charge in [-0.1, -0.05) is 0 Å². The number of aryl methyl sites for hydroxylation is 2. The van der Waals surface area contributed by atoms with Crippen molar-refractivity contribution in [2.45, 2.75) is 33.2 Å². The summed E-state index contributed by atoms with van der Waals surface area (Å²) in [6.45, 7) is 6.23. The van der Waals surface area contributed by atoms with Crippen molar-refractivity contribution in [2.75, 3.05) is 11.1 Å². The largest absolute Gasteiger partial charge is 0.397 e. The smallest absolute Gasteiger partial charge is 0.126 e. The molecule has 0 saturated heterocycles. The molecule has 0 fully saturated rings. The molecular weight excluding hydrogens is 242 g/mol. The molecule has 4 heteroatoms. The van der Waals surface area contributed by atoms with Crippen LogP contribution in [0.25, 0.3) is 0 Å². The van der Waals surface area contributed by atoms with Gasteiger partial charge in [0.05, 0.1) is 11.4 Å². The topological polar surface area (TPSA) is 50.9 Å². The van der Waals surface area contributed by atoms with E-state index in [0.29, 0.717) is 6.04 Å². The van der Waals surface area contributed by atoms with Crippen LogP contribution in [0.3, 0.4) is 0 Å². The third-order valence-electron chi connectivity index (χ3n) is 2.82. The maximum Gasteiger partial charge on any atom is 0.126 e. The Morgan fingerprint density at radius 3 is 2.67 bits per heavy atom. The normalized spacial score (nSPS) is 12.4. The van der Waals surface area contributed by atoms with Gasteiger partial charge in [-0.25, -0.2) is 4.98 Å². The van der Waals surface area contributed by atoms with Gasteiger partial charge >= 0.3 is 0 Å². The number of pyridine rings is 1. The zero-order chi connectivity index (χ0) is 13.1. The standard InChI is InChI=1S/C14H19N3S/c1-9(8-12-5-4-10(2)18-12)16-14-7-6-13(15)11(3)17-14/h4-7,9H,8,15H2,1-3H3,(H,16,17). The second kappa shape index (κ2) is 5.40. The molecule has 96 valence electrons. The fraction of sp³-hybridized carbons (Fsp3) is 0.357. The van der Waals surface area contributed by atoms with Crippen molar-refractivity contribution in [3.8, 4) is 0 Å². The van der Waals surface area contributed by atoms with E-state index in [0.717, 1.165) is 23.6 Å². The van der Waals surface area contributed by atoms with Crippen LogP contribution in [-0.2, 0) is 6.42 Å². The van der Waals surface area contributed by atoms with Crippen LogP contribution in [0.1, 0.15) is 22.4 Å². The van der Waals surface area contributed by atoms with Gasteiger partial charge in [0.1, 0.15) is 5.82 Å². The first-order chi connectivity index (χ1) is 8.54. The minimum Gasteiger partial charge on any atom is -0.397 e. The lowest BCUT2D eigenvalue weighted by Gasteiger charge is -2.14. The Labute approximate surface area is 112 Å². The maximum absolute atomic E-state index is 5.76. The number of aromatic nitrogens is 1. The number of anilines is 2. The molecule has 1 unspecified atom stereocenters. The second-order valence-electron chi connectivity index (χ2n) is 4.63. The maximum atomic E-state index is 5.76. The summed E-state index contributed by atoms with van der Waals surface area (Å²) in [6, 6.07) is 8.54. The van der Waals surface area contributed by atoms with Crippen LogP contribution >= 0.6 is 11.3 Å². The summed E-state index contributed by atoms with van der Waals surface area (Å²) in [6.07, 6.45) is 1.02. The number of rotatable bonds is 4. The van der Waals surface area contributed by atoms with Crippen molar-refractivity contribution in [3.05, 3.63) is 39.7 Å². The summed E-state index contributed by atoms with van der Waals surface area (Å²) < 4.78 is 0. The Morgan fingerprint density at radius 1 is 1.28 bits per heavy atom. The lowest BCUT2D eigenvalue weighted by atomic mass is 10.2. The molecule has 2 heterocycles. The first-order valence-corrected chi connectivity index (χ1v) is 6.91. The molecule has 0 spiro atoms. The molecule has 0 aliphatic carbocycles. The first kappa shape index (κ1) is 12.9. The quantitative estimate of drug-likeness (QED) is 0.887. The summed E-state index contributed by atoms with van der Waals surface area (Å²) in [5.41, 5.74) is 7.37. The Morgan fingerprint density at radius 2 is 2.06 bits per heavy atom. The Kier molecular flexibility index (Phi) is 3.87. The molecule has 18 heavy (non-hydrogen) atoms. The molecule has 3 nitrogen and oxygen atoms in total. The zero-order valence-corrected chi connectivity index (χ0v) is 11.8. The van der Waals surface area contributed by atoms with Gasteiger partial charge in [-0.2, -0.15) is 0 Å². The van der Waals surface area contributed by atoms with Crippen LogP contribution in [0, 0.1) is 13.8 Å². The van der Waals surface area contributed by atoms with Crippen molar-refractivity contribution < 1.29 is 0 Å². The molecule has 0 aliphatic rings. The number of hydrogen-bond acceptors (Lipinski definition) is 4. The van der Waals surface area contributed by atoms with Crippen LogP contribution < -0.4 is 11.1 Å². The van der Waals surface area contributed by atoms with Crippen molar-refractivity contribution in [1.82, 2.24) is 4.98 Å². The second-order valence-corrected chi connectivity index (χ2v) is 6.01. The van der Waals surface area contributed by atoms with E-state index >= 15 is 0 Å². The predicted octanol–water partition coefficient (Wildman–Crippen LogP) is 3.39. The van der Waals surface area contributed by atoms with Crippen LogP contribution in [0.4, 0.5) is 11.5 Å². The third-order valence-corrected chi connectivity index (χ3v) is 3.85. The highest BCUT2D eigenvalue weighted by atomic mass is 32.1. The molecule has 0 aromatic carbocycles. The number of nitrogen functional groups attached to an aromatic ring is 1. The van der Waals surface area contributed by atoms with Crippen LogP contribution in [0.5, 0.6) is 0 Å². The van der Waals surface area contributed by atoms with Gasteiger partial charge in [0.25, 0.3) is 0 Å². The SMILES string of the molecule is Cc1ccc(CC(C)Nc2ccc(N)c(C)n2)s1. The zero-order valence-electron chi connectivity index (χ0n) is 11.0. The van der Waals surface area contributed by atoms with E-state index in [9.17, 15) is 0 Å². The molecule has 0 bridgehead atoms. The number of thiophene rings is 1. The lowest BCUT2D eigenvalue weighted by Crippen LogP contribution is -2.18. The number of hydrogen-bond donors (Lipinski definition) is 2. The summed E-state index contributed by atoms with van der Waals surface area (Å²) in [5.74, 6) is 0.891. The van der Waals surface area contributed by atoms with E-state index < -0.39 is 0 Å². The van der Waals surface area contributed by atoms with E-state index in [1.54, 1.807) is 0 Å². The highest BCUT2D eigenvalue weighted by Crippen LogP contribution is 2.18. The van der Waals surface area contributed by atoms with Gasteiger partial charge in [-0.05, 0) is 45.0 Å². The molecule has 0 amide bonds. The van der Waals surface area contributed by atoms with Gasteiger partial charge in [0, 0.05) is 22.2 Å². The molecule has 2 aromatic heterocycles. The minimum atomic E-state index is 0.360. The average molecular weight is 261 g/mol. The van der Waals surface area contributed by atoms with Crippen LogP contribution in [-0.4, -0.2) is 11.0 Å². The predicted molar refractivity (Wildman–Crippen MR) is 79.2 cm³/mol. The molecule has 0 radical (unpaired) electrons. The third kappa shape index (κ3) is 3.23. The van der Waals surface area contributed by atoms with Crippen molar-refractivity contribution in [1.29, 1.82) is 0 Å². The number of nitrogens with zero attached hydrogens (tertiary/aromatic N) is 1. The van der Waals surface area contributed by atoms with Gasteiger partial charge in [-0.15, -0.1) is 11.3 Å². The Hall–Kier alpha value is -1.55. The van der Waals surface area contributed by atoms with Crippen LogP contribution in [0.15, 0.2) is 24.3 Å². The summed E-state index contributed by atoms with van der Waals surface area (Å²) in [5, 5.41) is 3.41. The number of nitrogens with one attached hydrogen (secondary N) is 1. The van der Waals surface area contributed by atoms with Crippen LogP contribution in [0.2, 0.25) is 0 Å². The van der Waals surface area contributed by atoms with Crippen molar-refractivity contribution in [2.24, 2.45) is 0 Å². The summed E-state index contributed by atoms with van der Waals surface area (Å²) >= 11 is 1.85. The summed E-state index contributed by atoms with van der Waals surface area (Å²) in [4.78, 5) is 7.19.